The smallest absolute Gasteiger partial charge is 0.110 e. The highest BCUT2D eigenvalue weighted by Gasteiger charge is 2.01. The Morgan fingerprint density at radius 3 is 2.78 bits per heavy atom. The summed E-state index contributed by atoms with van der Waals surface area (Å²) in [5, 5.41) is 10.0. The first-order valence-corrected chi connectivity index (χ1v) is 7.69. The van der Waals surface area contributed by atoms with Crippen LogP contribution in [0.15, 0.2) is 61.5 Å². The number of imidazole rings is 2. The summed E-state index contributed by atoms with van der Waals surface area (Å²) in [6, 6.07) is 8.27. The number of aromatic nitrogens is 4. The van der Waals surface area contributed by atoms with Gasteiger partial charge in [-0.2, -0.15) is 0 Å². The van der Waals surface area contributed by atoms with Gasteiger partial charge in [-0.25, -0.2) is 9.97 Å². The molecule has 118 valence electrons. The fourth-order valence-corrected chi connectivity index (χ4v) is 2.35. The molecule has 0 saturated heterocycles. The molecule has 0 aliphatic rings. The van der Waals surface area contributed by atoms with Crippen LogP contribution < -0.4 is 0 Å². The van der Waals surface area contributed by atoms with E-state index < -0.39 is 6.10 Å². The second kappa shape index (κ2) is 7.56. The predicted octanol–water partition coefficient (Wildman–Crippen LogP) is 2.66. The minimum Gasteiger partial charge on any atom is -0.389 e. The topological polar surface area (TPSA) is 66.7 Å². The van der Waals surface area contributed by atoms with E-state index in [1.165, 1.54) is 5.56 Å². The number of aryl methyl sites for hydroxylation is 1. The van der Waals surface area contributed by atoms with Crippen molar-refractivity contribution in [3.8, 4) is 0 Å². The van der Waals surface area contributed by atoms with E-state index in [1.54, 1.807) is 18.7 Å². The summed E-state index contributed by atoms with van der Waals surface area (Å²) >= 11 is 0. The first kappa shape index (κ1) is 15.2. The minimum absolute atomic E-state index is 0.458. The van der Waals surface area contributed by atoms with Crippen molar-refractivity contribution in [2.24, 2.45) is 0 Å². The zero-order chi connectivity index (χ0) is 15.9. The molecule has 1 unspecified atom stereocenters. The van der Waals surface area contributed by atoms with Crippen LogP contribution in [0.3, 0.4) is 0 Å². The van der Waals surface area contributed by atoms with E-state index in [4.69, 9.17) is 0 Å². The molecule has 0 amide bonds. The summed E-state index contributed by atoms with van der Waals surface area (Å²) in [5.74, 6) is 0.961. The summed E-state index contributed by atoms with van der Waals surface area (Å²) in [5.41, 5.74) is 2.28. The van der Waals surface area contributed by atoms with Gasteiger partial charge >= 0.3 is 0 Å². The number of hydrogen-bond donors (Lipinski definition) is 2. The van der Waals surface area contributed by atoms with E-state index in [1.807, 2.05) is 29.1 Å². The molecule has 0 fully saturated rings. The van der Waals surface area contributed by atoms with Crippen LogP contribution in [0.4, 0.5) is 0 Å². The molecule has 2 heterocycles. The van der Waals surface area contributed by atoms with Gasteiger partial charge in [0, 0.05) is 37.8 Å². The standard InChI is InChI=1S/C18H20N4O/c23-17(7-11-22-12-10-19-14-22)6-5-15-1-3-16(4-2-15)13-18-20-8-9-21-18/h1-6,8-10,12,14,17,23H,7,11,13H2,(H,20,21). The zero-order valence-corrected chi connectivity index (χ0v) is 12.8. The Kier molecular flexibility index (Phi) is 5.01. The molecule has 0 aliphatic heterocycles. The van der Waals surface area contributed by atoms with Crippen LogP contribution in [0, 0.1) is 0 Å². The summed E-state index contributed by atoms with van der Waals surface area (Å²) in [7, 11) is 0. The number of aliphatic hydroxyl groups excluding tert-OH is 1. The van der Waals surface area contributed by atoms with Crippen LogP contribution in [0.25, 0.3) is 6.08 Å². The molecule has 2 aromatic heterocycles. The van der Waals surface area contributed by atoms with Crippen molar-refractivity contribution >= 4 is 6.08 Å². The molecule has 0 bridgehead atoms. The van der Waals surface area contributed by atoms with Crippen LogP contribution in [0.1, 0.15) is 23.4 Å². The molecular formula is C18H20N4O. The van der Waals surface area contributed by atoms with Gasteiger partial charge in [0.05, 0.1) is 12.4 Å². The Labute approximate surface area is 135 Å². The lowest BCUT2D eigenvalue weighted by atomic mass is 10.1. The fraction of sp³-hybridized carbons (Fsp3) is 0.222. The largest absolute Gasteiger partial charge is 0.389 e. The Morgan fingerprint density at radius 1 is 1.22 bits per heavy atom. The first-order chi connectivity index (χ1) is 11.3. The number of aromatic amines is 1. The van der Waals surface area contributed by atoms with Crippen LogP contribution >= 0.6 is 0 Å². The molecule has 0 spiro atoms. The second-order valence-corrected chi connectivity index (χ2v) is 5.47. The van der Waals surface area contributed by atoms with Crippen molar-refractivity contribution in [3.63, 3.8) is 0 Å². The van der Waals surface area contributed by atoms with E-state index in [0.717, 1.165) is 24.4 Å². The van der Waals surface area contributed by atoms with E-state index in [0.29, 0.717) is 6.42 Å². The van der Waals surface area contributed by atoms with Crippen LogP contribution in [-0.4, -0.2) is 30.7 Å². The average molecular weight is 308 g/mol. The van der Waals surface area contributed by atoms with Gasteiger partial charge in [0.15, 0.2) is 0 Å². The molecule has 1 atom stereocenters. The van der Waals surface area contributed by atoms with E-state index in [-0.39, 0.29) is 0 Å². The van der Waals surface area contributed by atoms with Crippen LogP contribution in [-0.2, 0) is 13.0 Å². The summed E-state index contributed by atoms with van der Waals surface area (Å²) in [6.07, 6.45) is 13.8. The molecule has 0 aliphatic carbocycles. The maximum absolute atomic E-state index is 10.0. The molecule has 0 radical (unpaired) electrons. The van der Waals surface area contributed by atoms with Crippen molar-refractivity contribution in [1.29, 1.82) is 0 Å². The highest BCUT2D eigenvalue weighted by Crippen LogP contribution is 2.10. The number of aliphatic hydroxyl groups is 1. The predicted molar refractivity (Wildman–Crippen MR) is 89.7 cm³/mol. The molecule has 3 rings (SSSR count). The molecule has 0 saturated carbocycles. The van der Waals surface area contributed by atoms with Gasteiger partial charge in [0.2, 0.25) is 0 Å². The molecule has 3 aromatic rings. The molecule has 23 heavy (non-hydrogen) atoms. The lowest BCUT2D eigenvalue weighted by Crippen LogP contribution is -2.07. The second-order valence-electron chi connectivity index (χ2n) is 5.47. The Morgan fingerprint density at radius 2 is 2.09 bits per heavy atom. The van der Waals surface area contributed by atoms with E-state index in [2.05, 4.69) is 39.2 Å². The van der Waals surface area contributed by atoms with E-state index >= 15 is 0 Å². The number of nitrogens with zero attached hydrogens (tertiary/aromatic N) is 3. The number of H-pyrrole nitrogens is 1. The van der Waals surface area contributed by atoms with Crippen molar-refractivity contribution in [2.45, 2.75) is 25.5 Å². The number of nitrogens with one attached hydrogen (secondary N) is 1. The van der Waals surface area contributed by atoms with Gasteiger partial charge in [-0.3, -0.25) is 0 Å². The summed E-state index contributed by atoms with van der Waals surface area (Å²) in [4.78, 5) is 11.3. The highest BCUT2D eigenvalue weighted by molar-refractivity contribution is 5.50. The summed E-state index contributed by atoms with van der Waals surface area (Å²) in [6.45, 7) is 0.758. The molecule has 1 aromatic carbocycles. The molecular weight excluding hydrogens is 288 g/mol. The van der Waals surface area contributed by atoms with Gasteiger partial charge in [0.1, 0.15) is 5.82 Å². The highest BCUT2D eigenvalue weighted by atomic mass is 16.3. The van der Waals surface area contributed by atoms with Gasteiger partial charge in [-0.1, -0.05) is 36.4 Å². The maximum atomic E-state index is 10.0. The number of hydrogen-bond acceptors (Lipinski definition) is 3. The monoisotopic (exact) mass is 308 g/mol. The third kappa shape index (κ3) is 4.66. The molecule has 2 N–H and O–H groups in total. The Balaban J connectivity index is 1.50. The van der Waals surface area contributed by atoms with Gasteiger partial charge in [0.25, 0.3) is 0 Å². The lowest BCUT2D eigenvalue weighted by Gasteiger charge is -2.06. The van der Waals surface area contributed by atoms with Crippen molar-refractivity contribution in [1.82, 2.24) is 19.5 Å². The van der Waals surface area contributed by atoms with Crippen molar-refractivity contribution < 1.29 is 5.11 Å². The normalized spacial score (nSPS) is 12.7. The van der Waals surface area contributed by atoms with Crippen LogP contribution in [0.5, 0.6) is 0 Å². The number of benzene rings is 1. The first-order valence-electron chi connectivity index (χ1n) is 7.69. The average Bonchev–Trinajstić information content (AvgIpc) is 3.26. The zero-order valence-electron chi connectivity index (χ0n) is 12.8. The fourth-order valence-electron chi connectivity index (χ4n) is 2.35. The SMILES string of the molecule is OC(C=Cc1ccc(Cc2ncc[nH]2)cc1)CCn1ccnc1. The Hall–Kier alpha value is -2.66. The minimum atomic E-state index is -0.458. The van der Waals surface area contributed by atoms with Gasteiger partial charge in [-0.05, 0) is 17.5 Å². The van der Waals surface area contributed by atoms with Gasteiger partial charge in [-0.15, -0.1) is 0 Å². The Bertz CT molecular complexity index is 715. The van der Waals surface area contributed by atoms with Gasteiger partial charge < -0.3 is 14.7 Å². The molecule has 5 nitrogen and oxygen atoms in total. The van der Waals surface area contributed by atoms with Crippen molar-refractivity contribution in [3.05, 3.63) is 78.4 Å². The molecule has 5 heteroatoms. The van der Waals surface area contributed by atoms with Crippen LogP contribution in [0.2, 0.25) is 0 Å². The summed E-state index contributed by atoms with van der Waals surface area (Å²) < 4.78 is 1.96. The number of rotatable bonds is 7. The third-order valence-corrected chi connectivity index (χ3v) is 3.66. The lowest BCUT2D eigenvalue weighted by molar-refractivity contribution is 0.206. The van der Waals surface area contributed by atoms with Crippen molar-refractivity contribution in [2.75, 3.05) is 0 Å². The quantitative estimate of drug-likeness (QED) is 0.705. The van der Waals surface area contributed by atoms with E-state index in [9.17, 15) is 5.11 Å². The maximum Gasteiger partial charge on any atom is 0.110 e. The third-order valence-electron chi connectivity index (χ3n) is 3.66.